The second-order valence-electron chi connectivity index (χ2n) is 9.74. The lowest BCUT2D eigenvalue weighted by Crippen LogP contribution is -2.51. The fourth-order valence-electron chi connectivity index (χ4n) is 4.66. The van der Waals surface area contributed by atoms with Crippen LogP contribution in [0, 0.1) is 18.3 Å². The van der Waals surface area contributed by atoms with Gasteiger partial charge in [0.25, 0.3) is 0 Å². The van der Waals surface area contributed by atoms with E-state index in [2.05, 4.69) is 5.32 Å². The van der Waals surface area contributed by atoms with E-state index in [-0.39, 0.29) is 11.5 Å². The Bertz CT molecular complexity index is 988. The molecule has 1 saturated carbocycles. The van der Waals surface area contributed by atoms with Crippen LogP contribution in [0.4, 0.5) is 4.79 Å². The molecule has 1 fully saturated rings. The van der Waals surface area contributed by atoms with Gasteiger partial charge in [-0.25, -0.2) is 14.2 Å². The van der Waals surface area contributed by atoms with Gasteiger partial charge in [-0.1, -0.05) is 59.1 Å². The van der Waals surface area contributed by atoms with Gasteiger partial charge < -0.3 is 5.32 Å². The lowest BCUT2D eigenvalue weighted by molar-refractivity contribution is -0.122. The summed E-state index contributed by atoms with van der Waals surface area (Å²) in [5.41, 5.74) is 1.63. The van der Waals surface area contributed by atoms with Crippen LogP contribution >= 0.6 is 0 Å². The molecule has 0 saturated heterocycles. The Kier molecular flexibility index (Phi) is 6.53. The maximum absolute atomic E-state index is 13.4. The van der Waals surface area contributed by atoms with E-state index in [9.17, 15) is 14.4 Å². The van der Waals surface area contributed by atoms with Crippen molar-refractivity contribution in [2.75, 3.05) is 0 Å². The molecule has 0 bridgehead atoms. The number of aromatic nitrogens is 2. The molecule has 0 unspecified atom stereocenters. The van der Waals surface area contributed by atoms with Crippen LogP contribution in [0.15, 0.2) is 23.0 Å². The van der Waals surface area contributed by atoms with Gasteiger partial charge in [-0.15, -0.1) is 0 Å². The van der Waals surface area contributed by atoms with Crippen molar-refractivity contribution in [2.24, 2.45) is 11.3 Å². The summed E-state index contributed by atoms with van der Waals surface area (Å²) in [6.07, 6.45) is 6.23. The Morgan fingerprint density at radius 1 is 1.17 bits per heavy atom. The first kappa shape index (κ1) is 22.3. The Morgan fingerprint density at radius 3 is 2.43 bits per heavy atom. The lowest BCUT2D eigenvalue weighted by atomic mass is 9.83. The maximum atomic E-state index is 13.4. The Balaban J connectivity index is 2.04. The van der Waals surface area contributed by atoms with Crippen LogP contribution < -0.4 is 11.0 Å². The molecule has 1 aliphatic carbocycles. The van der Waals surface area contributed by atoms with Crippen molar-refractivity contribution in [3.63, 3.8) is 0 Å². The number of amides is 1. The number of hydrogen-bond acceptors (Lipinski definition) is 3. The molecule has 1 heterocycles. The number of ketones is 1. The molecule has 1 N–H and O–H groups in total. The molecule has 6 heteroatoms. The Hall–Kier alpha value is -2.37. The minimum atomic E-state index is -0.650. The maximum Gasteiger partial charge on any atom is 0.337 e. The Labute approximate surface area is 178 Å². The van der Waals surface area contributed by atoms with Gasteiger partial charge in [-0.2, -0.15) is 0 Å². The lowest BCUT2D eigenvalue weighted by Gasteiger charge is -2.30. The van der Waals surface area contributed by atoms with Gasteiger partial charge in [0.1, 0.15) is 0 Å². The van der Waals surface area contributed by atoms with Crippen LogP contribution in [-0.2, 0) is 11.3 Å². The SMILES string of the molecule is CCC(=O)[C@@H](NC(=O)n1c(=O)n(CC2CCCCC2)c2c(C)cccc21)C(C)(C)C. The summed E-state index contributed by atoms with van der Waals surface area (Å²) < 4.78 is 2.99. The summed E-state index contributed by atoms with van der Waals surface area (Å²) in [5, 5.41) is 2.85. The van der Waals surface area contributed by atoms with Gasteiger partial charge in [0.05, 0.1) is 17.1 Å². The number of carbonyl (C=O) groups is 2. The molecule has 0 aliphatic heterocycles. The monoisotopic (exact) mass is 413 g/mol. The molecule has 0 radical (unpaired) electrons. The molecule has 1 amide bonds. The van der Waals surface area contributed by atoms with Crippen molar-refractivity contribution in [1.82, 2.24) is 14.5 Å². The first-order chi connectivity index (χ1) is 14.1. The number of benzene rings is 1. The van der Waals surface area contributed by atoms with Crippen molar-refractivity contribution in [2.45, 2.75) is 85.7 Å². The van der Waals surface area contributed by atoms with E-state index in [1.54, 1.807) is 11.5 Å². The number of aryl methyl sites for hydroxylation is 1. The van der Waals surface area contributed by atoms with Crippen LogP contribution in [0.3, 0.4) is 0 Å². The van der Waals surface area contributed by atoms with Crippen molar-refractivity contribution in [3.05, 3.63) is 34.2 Å². The summed E-state index contributed by atoms with van der Waals surface area (Å²) in [6.45, 7) is 10.2. The largest absolute Gasteiger partial charge is 0.337 e. The molecule has 2 aromatic rings. The van der Waals surface area contributed by atoms with E-state index in [1.807, 2.05) is 45.9 Å². The molecule has 0 spiro atoms. The van der Waals surface area contributed by atoms with Crippen molar-refractivity contribution >= 4 is 22.8 Å². The highest BCUT2D eigenvalue weighted by molar-refractivity contribution is 5.94. The molecular weight excluding hydrogens is 378 g/mol. The summed E-state index contributed by atoms with van der Waals surface area (Å²) >= 11 is 0. The number of imidazole rings is 1. The fourth-order valence-corrected chi connectivity index (χ4v) is 4.66. The van der Waals surface area contributed by atoms with E-state index in [0.29, 0.717) is 24.4 Å². The van der Waals surface area contributed by atoms with E-state index >= 15 is 0 Å². The summed E-state index contributed by atoms with van der Waals surface area (Å²) in [5.74, 6) is 0.424. The van der Waals surface area contributed by atoms with Crippen molar-refractivity contribution in [3.8, 4) is 0 Å². The minimum absolute atomic E-state index is 0.0361. The second kappa shape index (κ2) is 8.78. The van der Waals surface area contributed by atoms with Crippen molar-refractivity contribution < 1.29 is 9.59 Å². The van der Waals surface area contributed by atoms with Crippen LogP contribution in [0.2, 0.25) is 0 Å². The third kappa shape index (κ3) is 4.37. The molecule has 164 valence electrons. The second-order valence-corrected chi connectivity index (χ2v) is 9.74. The summed E-state index contributed by atoms with van der Waals surface area (Å²) in [7, 11) is 0. The summed E-state index contributed by atoms with van der Waals surface area (Å²) in [6, 6.07) is 4.47. The average Bonchev–Trinajstić information content (AvgIpc) is 2.98. The third-order valence-corrected chi connectivity index (χ3v) is 6.32. The number of rotatable bonds is 5. The molecular formula is C24H35N3O3. The number of hydrogen-bond donors (Lipinski definition) is 1. The minimum Gasteiger partial charge on any atom is -0.327 e. The zero-order chi connectivity index (χ0) is 22.1. The first-order valence-corrected chi connectivity index (χ1v) is 11.2. The number of fused-ring (bicyclic) bond motifs is 1. The van der Waals surface area contributed by atoms with E-state index in [0.717, 1.165) is 23.9 Å². The molecule has 1 aliphatic rings. The van der Waals surface area contributed by atoms with Gasteiger partial charge in [-0.05, 0) is 42.7 Å². The number of carbonyl (C=O) groups excluding carboxylic acids is 2. The predicted molar refractivity (Wildman–Crippen MR) is 120 cm³/mol. The van der Waals surface area contributed by atoms with Gasteiger partial charge in [0.2, 0.25) is 0 Å². The van der Waals surface area contributed by atoms with E-state index < -0.39 is 17.5 Å². The van der Waals surface area contributed by atoms with E-state index in [4.69, 9.17) is 0 Å². The highest BCUT2D eigenvalue weighted by Crippen LogP contribution is 2.27. The van der Waals surface area contributed by atoms with Crippen LogP contribution in [0.1, 0.15) is 71.8 Å². The predicted octanol–water partition coefficient (Wildman–Crippen LogP) is 4.64. The molecule has 30 heavy (non-hydrogen) atoms. The molecule has 6 nitrogen and oxygen atoms in total. The van der Waals surface area contributed by atoms with Crippen LogP contribution in [0.25, 0.3) is 11.0 Å². The van der Waals surface area contributed by atoms with E-state index in [1.165, 1.54) is 23.8 Å². The molecule has 3 rings (SSSR count). The normalized spacial score (nSPS) is 16.6. The number of nitrogens with zero attached hydrogens (tertiary/aromatic N) is 2. The Morgan fingerprint density at radius 2 is 1.83 bits per heavy atom. The standard InChI is InChI=1S/C24H35N3O3/c1-6-19(28)21(24(3,4)5)25-22(29)27-18-14-10-11-16(2)20(18)26(23(27)30)15-17-12-8-7-9-13-17/h10-11,14,17,21H,6-9,12-13,15H2,1-5H3,(H,25,29)/t21-/m1/s1. The van der Waals surface area contributed by atoms with Gasteiger partial charge in [-0.3, -0.25) is 9.36 Å². The summed E-state index contributed by atoms with van der Waals surface area (Å²) in [4.78, 5) is 39.2. The highest BCUT2D eigenvalue weighted by Gasteiger charge is 2.33. The van der Waals surface area contributed by atoms with Crippen LogP contribution in [-0.4, -0.2) is 27.0 Å². The number of nitrogens with one attached hydrogen (secondary N) is 1. The zero-order valence-electron chi connectivity index (χ0n) is 19.0. The number of Topliss-reactive ketones (excluding diaryl/α,β-unsaturated/α-hetero) is 1. The fraction of sp³-hybridized carbons (Fsp3) is 0.625. The first-order valence-electron chi connectivity index (χ1n) is 11.2. The molecule has 1 aromatic carbocycles. The van der Waals surface area contributed by atoms with Crippen LogP contribution in [0.5, 0.6) is 0 Å². The van der Waals surface area contributed by atoms with Gasteiger partial charge in [0.15, 0.2) is 5.78 Å². The quantitative estimate of drug-likeness (QED) is 0.776. The average molecular weight is 414 g/mol. The van der Waals surface area contributed by atoms with Gasteiger partial charge in [0, 0.05) is 13.0 Å². The smallest absolute Gasteiger partial charge is 0.327 e. The highest BCUT2D eigenvalue weighted by atomic mass is 16.2. The zero-order valence-corrected chi connectivity index (χ0v) is 19.0. The molecule has 1 aromatic heterocycles. The topological polar surface area (TPSA) is 73.1 Å². The number of para-hydroxylation sites is 1. The van der Waals surface area contributed by atoms with Gasteiger partial charge >= 0.3 is 11.7 Å². The third-order valence-electron chi connectivity index (χ3n) is 6.32. The van der Waals surface area contributed by atoms with Crippen molar-refractivity contribution in [1.29, 1.82) is 0 Å². The molecule has 1 atom stereocenters.